The van der Waals surface area contributed by atoms with Gasteiger partial charge in [-0.3, -0.25) is 4.98 Å². The van der Waals surface area contributed by atoms with Gasteiger partial charge >= 0.3 is 0 Å². The van der Waals surface area contributed by atoms with Crippen LogP contribution in [0.2, 0.25) is 0 Å². The molecule has 0 spiro atoms. The number of hydrogen-bond acceptors (Lipinski definition) is 3. The second-order valence-electron chi connectivity index (χ2n) is 8.91. The molecule has 1 aliphatic rings. The smallest absolute Gasteiger partial charge is 0.0190 e. The number of rotatable bonds is 2. The van der Waals surface area contributed by atoms with Crippen molar-refractivity contribution in [3.05, 3.63) is 126 Å². The molecular formula is C31H25IrN3-2. The summed E-state index contributed by atoms with van der Waals surface area (Å²) in [6.45, 7) is 6.54. The Labute approximate surface area is 220 Å². The van der Waals surface area contributed by atoms with Crippen molar-refractivity contribution in [3.63, 3.8) is 0 Å². The Kier molecular flexibility index (Phi) is 7.35. The first-order chi connectivity index (χ1) is 16.5. The molecule has 0 N–H and O–H groups in total. The van der Waals surface area contributed by atoms with Crippen LogP contribution in [0, 0.1) is 19.1 Å². The van der Waals surface area contributed by atoms with Crippen LogP contribution in [0.1, 0.15) is 30.5 Å². The fourth-order valence-corrected chi connectivity index (χ4v) is 4.36. The first-order valence-electron chi connectivity index (χ1n) is 11.4. The molecule has 1 aliphatic carbocycles. The van der Waals surface area contributed by atoms with Crippen molar-refractivity contribution in [2.24, 2.45) is 0 Å². The zero-order valence-corrected chi connectivity index (χ0v) is 22.3. The molecule has 175 valence electrons. The number of pyridine rings is 3. The van der Waals surface area contributed by atoms with Gasteiger partial charge in [0, 0.05) is 37.9 Å². The summed E-state index contributed by atoms with van der Waals surface area (Å²) in [6.07, 6.45) is 5.64. The van der Waals surface area contributed by atoms with Gasteiger partial charge in [-0.2, -0.15) is 12.1 Å². The molecular weight excluding hydrogens is 607 g/mol. The summed E-state index contributed by atoms with van der Waals surface area (Å²) in [4.78, 5) is 13.3. The van der Waals surface area contributed by atoms with Crippen LogP contribution in [-0.2, 0) is 25.5 Å². The quantitative estimate of drug-likeness (QED) is 0.195. The van der Waals surface area contributed by atoms with Crippen LogP contribution in [0.15, 0.2) is 97.5 Å². The third-order valence-electron chi connectivity index (χ3n) is 6.21. The molecule has 3 aromatic heterocycles. The molecule has 0 atom stereocenters. The molecule has 0 fully saturated rings. The standard InChI is InChI=1S/C19H15N2.C12H10N.Ir/c1-19(2)15-8-4-3-7-13(15)14-11-18(21-12-16(14)19)17-9-5-6-10-20-17;1-10-7-8-12(13-9-10)11-5-3-2-4-6-11;/h3-8,10-12H,1-2H3;2-5,7-9H,1H3;/q2*-1;. The topological polar surface area (TPSA) is 38.7 Å². The average Bonchev–Trinajstić information content (AvgIpc) is 3.12. The SMILES string of the molecule is CC1(C)c2ccccc2-c2cc(-c3[c-]cccn3)ncc21.Cc1ccc(-c2[c-]cccc2)nc1.[Ir]. The summed E-state index contributed by atoms with van der Waals surface area (Å²) in [6, 6.07) is 32.7. The third kappa shape index (κ3) is 5.00. The Balaban J connectivity index is 0.000000179. The zero-order chi connectivity index (χ0) is 23.5. The Morgan fingerprint density at radius 3 is 2.17 bits per heavy atom. The summed E-state index contributed by atoms with van der Waals surface area (Å²) in [5, 5.41) is 0. The number of nitrogens with zero attached hydrogens (tertiary/aromatic N) is 3. The first-order valence-corrected chi connectivity index (χ1v) is 11.4. The van der Waals surface area contributed by atoms with Crippen LogP contribution in [0.25, 0.3) is 33.8 Å². The molecule has 6 rings (SSSR count). The minimum Gasteiger partial charge on any atom is -0.318 e. The largest absolute Gasteiger partial charge is 0.318 e. The van der Waals surface area contributed by atoms with Crippen molar-refractivity contribution in [2.45, 2.75) is 26.2 Å². The number of fused-ring (bicyclic) bond motifs is 3. The molecule has 3 nitrogen and oxygen atoms in total. The maximum atomic E-state index is 4.61. The van der Waals surface area contributed by atoms with Gasteiger partial charge in [0.1, 0.15) is 0 Å². The summed E-state index contributed by atoms with van der Waals surface area (Å²) in [7, 11) is 0. The first kappa shape index (κ1) is 24.7. The fourth-order valence-electron chi connectivity index (χ4n) is 4.36. The van der Waals surface area contributed by atoms with Crippen molar-refractivity contribution in [1.82, 2.24) is 15.0 Å². The Hall–Kier alpha value is -3.46. The monoisotopic (exact) mass is 632 g/mol. The van der Waals surface area contributed by atoms with E-state index in [1.165, 1.54) is 27.8 Å². The molecule has 35 heavy (non-hydrogen) atoms. The van der Waals surface area contributed by atoms with Crippen molar-refractivity contribution in [2.75, 3.05) is 0 Å². The molecule has 1 radical (unpaired) electrons. The average molecular weight is 632 g/mol. The van der Waals surface area contributed by atoms with Gasteiger partial charge in [0.25, 0.3) is 0 Å². The maximum Gasteiger partial charge on any atom is 0.0190 e. The van der Waals surface area contributed by atoms with E-state index in [0.717, 1.165) is 22.6 Å². The van der Waals surface area contributed by atoms with Crippen LogP contribution >= 0.6 is 0 Å². The van der Waals surface area contributed by atoms with E-state index in [1.807, 2.05) is 61.8 Å². The molecule has 0 saturated heterocycles. The van der Waals surface area contributed by atoms with Gasteiger partial charge in [-0.1, -0.05) is 56.3 Å². The number of aromatic nitrogens is 3. The van der Waals surface area contributed by atoms with E-state index in [4.69, 9.17) is 0 Å². The minimum atomic E-state index is 0. The van der Waals surface area contributed by atoms with Gasteiger partial charge in [-0.05, 0) is 58.0 Å². The van der Waals surface area contributed by atoms with Gasteiger partial charge in [-0.15, -0.1) is 42.0 Å². The summed E-state index contributed by atoms with van der Waals surface area (Å²) in [5.41, 5.74) is 10.1. The van der Waals surface area contributed by atoms with Gasteiger partial charge in [-0.25, -0.2) is 0 Å². The van der Waals surface area contributed by atoms with Gasteiger partial charge in [0.05, 0.1) is 0 Å². The van der Waals surface area contributed by atoms with Crippen molar-refractivity contribution < 1.29 is 20.1 Å². The van der Waals surface area contributed by atoms with Crippen LogP contribution < -0.4 is 0 Å². The van der Waals surface area contributed by atoms with Crippen molar-refractivity contribution in [3.8, 4) is 33.8 Å². The minimum absolute atomic E-state index is 0. The van der Waals surface area contributed by atoms with E-state index < -0.39 is 0 Å². The van der Waals surface area contributed by atoms with Crippen LogP contribution in [-0.4, -0.2) is 15.0 Å². The summed E-state index contributed by atoms with van der Waals surface area (Å²) in [5.74, 6) is 0. The van der Waals surface area contributed by atoms with Crippen LogP contribution in [0.3, 0.4) is 0 Å². The van der Waals surface area contributed by atoms with E-state index in [9.17, 15) is 0 Å². The molecule has 0 bridgehead atoms. The molecule has 0 amide bonds. The van der Waals surface area contributed by atoms with E-state index in [0.29, 0.717) is 0 Å². The van der Waals surface area contributed by atoms with Gasteiger partial charge < -0.3 is 9.97 Å². The Morgan fingerprint density at radius 1 is 0.686 bits per heavy atom. The van der Waals surface area contributed by atoms with E-state index >= 15 is 0 Å². The normalized spacial score (nSPS) is 12.4. The zero-order valence-electron chi connectivity index (χ0n) is 19.9. The molecule has 4 heteroatoms. The molecule has 2 aromatic carbocycles. The van der Waals surface area contributed by atoms with E-state index in [-0.39, 0.29) is 25.5 Å². The van der Waals surface area contributed by atoms with Crippen LogP contribution in [0.4, 0.5) is 0 Å². The molecule has 3 heterocycles. The van der Waals surface area contributed by atoms with Crippen molar-refractivity contribution in [1.29, 1.82) is 0 Å². The van der Waals surface area contributed by atoms with E-state index in [1.54, 1.807) is 6.20 Å². The molecule has 0 aliphatic heterocycles. The predicted octanol–water partition coefficient (Wildman–Crippen LogP) is 7.10. The van der Waals surface area contributed by atoms with Gasteiger partial charge in [0.15, 0.2) is 0 Å². The van der Waals surface area contributed by atoms with E-state index in [2.05, 4.69) is 77.3 Å². The van der Waals surface area contributed by atoms with Gasteiger partial charge in [0.2, 0.25) is 0 Å². The fraction of sp³-hybridized carbons (Fsp3) is 0.129. The number of benzene rings is 2. The second-order valence-corrected chi connectivity index (χ2v) is 8.91. The third-order valence-corrected chi connectivity index (χ3v) is 6.21. The summed E-state index contributed by atoms with van der Waals surface area (Å²) >= 11 is 0. The summed E-state index contributed by atoms with van der Waals surface area (Å²) < 4.78 is 0. The molecule has 5 aromatic rings. The maximum absolute atomic E-state index is 4.61. The number of hydrogen-bond donors (Lipinski definition) is 0. The molecule has 0 saturated carbocycles. The van der Waals surface area contributed by atoms with Crippen molar-refractivity contribution >= 4 is 0 Å². The Bertz CT molecular complexity index is 1410. The number of aryl methyl sites for hydroxylation is 1. The second kappa shape index (κ2) is 10.4. The predicted molar refractivity (Wildman–Crippen MR) is 137 cm³/mol. The molecule has 0 unspecified atom stereocenters. The Morgan fingerprint density at radius 2 is 1.46 bits per heavy atom. The van der Waals surface area contributed by atoms with Crippen LogP contribution in [0.5, 0.6) is 0 Å².